The molecule has 1 unspecified atom stereocenters. The number of aromatic amines is 1. The van der Waals surface area contributed by atoms with Crippen LogP contribution in [0.15, 0.2) is 55.0 Å². The molecule has 4 N–H and O–H groups in total. The SMILES string of the molecule is CCOC(=O)C(Oc1ccc2c(c1)CN(C(=N)N)CC2)c1ccc(OCc2cnc[nH]2)cc1. The van der Waals surface area contributed by atoms with E-state index in [1.54, 1.807) is 48.6 Å². The van der Waals surface area contributed by atoms with Crippen LogP contribution in [0, 0.1) is 5.41 Å². The molecule has 1 aliphatic heterocycles. The molecule has 0 radical (unpaired) electrons. The van der Waals surface area contributed by atoms with Crippen molar-refractivity contribution in [3.05, 3.63) is 77.4 Å². The Morgan fingerprint density at radius 1 is 1.21 bits per heavy atom. The highest BCUT2D eigenvalue weighted by molar-refractivity contribution is 5.77. The molecule has 9 heteroatoms. The number of nitrogens with one attached hydrogen (secondary N) is 2. The number of ether oxygens (including phenoxy) is 3. The molecule has 2 heterocycles. The molecule has 1 atom stereocenters. The summed E-state index contributed by atoms with van der Waals surface area (Å²) in [6, 6.07) is 12.9. The summed E-state index contributed by atoms with van der Waals surface area (Å²) in [5.41, 5.74) is 9.39. The van der Waals surface area contributed by atoms with Gasteiger partial charge in [-0.1, -0.05) is 18.2 Å². The third kappa shape index (κ3) is 5.43. The molecule has 0 bridgehead atoms. The van der Waals surface area contributed by atoms with Gasteiger partial charge < -0.3 is 29.8 Å². The van der Waals surface area contributed by atoms with Crippen molar-refractivity contribution < 1.29 is 19.0 Å². The minimum absolute atomic E-state index is 0.0474. The van der Waals surface area contributed by atoms with Gasteiger partial charge in [-0.15, -0.1) is 0 Å². The van der Waals surface area contributed by atoms with E-state index in [0.29, 0.717) is 36.8 Å². The van der Waals surface area contributed by atoms with Gasteiger partial charge in [-0.25, -0.2) is 9.78 Å². The first-order valence-electron chi connectivity index (χ1n) is 10.8. The number of imidazole rings is 1. The van der Waals surface area contributed by atoms with Crippen molar-refractivity contribution in [3.8, 4) is 11.5 Å². The van der Waals surface area contributed by atoms with Crippen molar-refractivity contribution in [1.29, 1.82) is 5.41 Å². The summed E-state index contributed by atoms with van der Waals surface area (Å²) >= 11 is 0. The summed E-state index contributed by atoms with van der Waals surface area (Å²) in [6.45, 7) is 3.62. The van der Waals surface area contributed by atoms with Gasteiger partial charge in [0.25, 0.3) is 0 Å². The number of esters is 1. The summed E-state index contributed by atoms with van der Waals surface area (Å²) in [4.78, 5) is 21.5. The molecule has 9 nitrogen and oxygen atoms in total. The number of nitrogens with zero attached hydrogens (tertiary/aromatic N) is 2. The van der Waals surface area contributed by atoms with Crippen molar-refractivity contribution in [2.45, 2.75) is 32.6 Å². The lowest BCUT2D eigenvalue weighted by atomic mass is 9.99. The number of benzene rings is 2. The fourth-order valence-corrected chi connectivity index (χ4v) is 3.68. The number of nitrogens with two attached hydrogens (primary N) is 1. The van der Waals surface area contributed by atoms with Crippen molar-refractivity contribution in [1.82, 2.24) is 14.9 Å². The number of hydrogen-bond acceptors (Lipinski definition) is 6. The summed E-state index contributed by atoms with van der Waals surface area (Å²) in [5.74, 6) is 0.795. The van der Waals surface area contributed by atoms with Crippen molar-refractivity contribution >= 4 is 11.9 Å². The van der Waals surface area contributed by atoms with Gasteiger partial charge in [0.15, 0.2) is 5.96 Å². The molecule has 0 fully saturated rings. The van der Waals surface area contributed by atoms with Crippen LogP contribution in [0.5, 0.6) is 11.5 Å². The van der Waals surface area contributed by atoms with Crippen LogP contribution in [-0.2, 0) is 29.1 Å². The molecule has 0 spiro atoms. The van der Waals surface area contributed by atoms with E-state index in [1.165, 1.54) is 5.56 Å². The summed E-state index contributed by atoms with van der Waals surface area (Å²) < 4.78 is 17.1. The zero-order valence-electron chi connectivity index (χ0n) is 18.4. The summed E-state index contributed by atoms with van der Waals surface area (Å²) in [7, 11) is 0. The Bertz CT molecular complexity index is 1100. The second kappa shape index (κ2) is 10.1. The van der Waals surface area contributed by atoms with Crippen molar-refractivity contribution in [3.63, 3.8) is 0 Å². The molecule has 0 aliphatic carbocycles. The third-order valence-corrected chi connectivity index (χ3v) is 5.42. The Labute approximate surface area is 192 Å². The maximum absolute atomic E-state index is 12.7. The highest BCUT2D eigenvalue weighted by Gasteiger charge is 2.25. The first-order valence-corrected chi connectivity index (χ1v) is 10.8. The van der Waals surface area contributed by atoms with Gasteiger partial charge in [0.05, 0.1) is 24.8 Å². The zero-order valence-corrected chi connectivity index (χ0v) is 18.4. The van der Waals surface area contributed by atoms with Crippen LogP contribution in [0.1, 0.15) is 35.4 Å². The monoisotopic (exact) mass is 449 g/mol. The number of fused-ring (bicyclic) bond motifs is 1. The van der Waals surface area contributed by atoms with Crippen molar-refractivity contribution in [2.24, 2.45) is 5.73 Å². The maximum atomic E-state index is 12.7. The Hall–Kier alpha value is -4.01. The molecule has 172 valence electrons. The van der Waals surface area contributed by atoms with Crippen LogP contribution in [0.3, 0.4) is 0 Å². The normalized spacial score (nSPS) is 13.7. The second-order valence-corrected chi connectivity index (χ2v) is 7.67. The standard InChI is InChI=1S/C24H27N5O4/c1-2-31-23(30)22(17-4-6-20(7-5-17)32-14-19-12-27-15-28-19)33-21-8-3-16-9-10-29(24(25)26)13-18(16)11-21/h3-8,11-12,15,22H,2,9-10,13-14H2,1H3,(H3,25,26)(H,27,28). The molecule has 3 aromatic rings. The third-order valence-electron chi connectivity index (χ3n) is 5.42. The Balaban J connectivity index is 1.50. The fourth-order valence-electron chi connectivity index (χ4n) is 3.68. The predicted octanol–water partition coefficient (Wildman–Crippen LogP) is 2.92. The number of hydrogen-bond donors (Lipinski definition) is 3. The maximum Gasteiger partial charge on any atom is 0.352 e. The first-order chi connectivity index (χ1) is 16.0. The smallest absolute Gasteiger partial charge is 0.352 e. The predicted molar refractivity (Wildman–Crippen MR) is 122 cm³/mol. The molecular formula is C24H27N5O4. The fraction of sp³-hybridized carbons (Fsp3) is 0.292. The van der Waals surface area contributed by atoms with Gasteiger partial charge in [-0.2, -0.15) is 0 Å². The quantitative estimate of drug-likeness (QED) is 0.274. The number of carbonyl (C=O) groups excluding carboxylic acids is 1. The molecule has 4 rings (SSSR count). The number of rotatable bonds is 8. The van der Waals surface area contributed by atoms with Crippen LogP contribution in [0.2, 0.25) is 0 Å². The average molecular weight is 450 g/mol. The Morgan fingerprint density at radius 3 is 2.70 bits per heavy atom. The molecular weight excluding hydrogens is 422 g/mol. The number of carbonyl (C=O) groups is 1. The zero-order chi connectivity index (χ0) is 23.2. The Morgan fingerprint density at radius 2 is 2.00 bits per heavy atom. The van der Waals surface area contributed by atoms with E-state index in [2.05, 4.69) is 9.97 Å². The average Bonchev–Trinajstić information content (AvgIpc) is 3.35. The van der Waals surface area contributed by atoms with Gasteiger partial charge in [0, 0.05) is 18.7 Å². The molecule has 1 aliphatic rings. The highest BCUT2D eigenvalue weighted by atomic mass is 16.6. The minimum atomic E-state index is -0.919. The number of H-pyrrole nitrogens is 1. The molecule has 0 saturated carbocycles. The minimum Gasteiger partial charge on any atom is -0.487 e. The van der Waals surface area contributed by atoms with Crippen LogP contribution in [-0.4, -0.2) is 39.9 Å². The molecule has 2 aromatic carbocycles. The van der Waals surface area contributed by atoms with Crippen LogP contribution in [0.25, 0.3) is 0 Å². The highest BCUT2D eigenvalue weighted by Crippen LogP contribution is 2.29. The second-order valence-electron chi connectivity index (χ2n) is 7.67. The van der Waals surface area contributed by atoms with Crippen LogP contribution >= 0.6 is 0 Å². The van der Waals surface area contributed by atoms with Gasteiger partial charge in [-0.05, 0) is 48.7 Å². The van der Waals surface area contributed by atoms with Gasteiger partial charge in [0.2, 0.25) is 6.10 Å². The number of aromatic nitrogens is 2. The van der Waals surface area contributed by atoms with E-state index >= 15 is 0 Å². The van der Waals surface area contributed by atoms with Crippen molar-refractivity contribution in [2.75, 3.05) is 13.2 Å². The van der Waals surface area contributed by atoms with E-state index in [0.717, 1.165) is 17.7 Å². The van der Waals surface area contributed by atoms with E-state index in [4.69, 9.17) is 25.4 Å². The first kappa shape index (κ1) is 22.2. The summed E-state index contributed by atoms with van der Waals surface area (Å²) in [5, 5.41) is 7.70. The molecule has 1 aromatic heterocycles. The van der Waals surface area contributed by atoms with E-state index in [-0.39, 0.29) is 12.6 Å². The van der Waals surface area contributed by atoms with Gasteiger partial charge in [0.1, 0.15) is 18.1 Å². The van der Waals surface area contributed by atoms with E-state index in [9.17, 15) is 4.79 Å². The molecule has 0 amide bonds. The Kier molecular flexibility index (Phi) is 6.77. The largest absolute Gasteiger partial charge is 0.487 e. The van der Waals surface area contributed by atoms with E-state index < -0.39 is 12.1 Å². The van der Waals surface area contributed by atoms with Gasteiger partial charge in [-0.3, -0.25) is 5.41 Å². The number of guanidine groups is 1. The van der Waals surface area contributed by atoms with Crippen LogP contribution in [0.4, 0.5) is 0 Å². The van der Waals surface area contributed by atoms with Gasteiger partial charge >= 0.3 is 5.97 Å². The summed E-state index contributed by atoms with van der Waals surface area (Å²) in [6.07, 6.45) is 3.18. The van der Waals surface area contributed by atoms with E-state index in [1.807, 2.05) is 18.2 Å². The molecule has 33 heavy (non-hydrogen) atoms. The lowest BCUT2D eigenvalue weighted by Crippen LogP contribution is -2.40. The lowest BCUT2D eigenvalue weighted by Gasteiger charge is -2.29. The molecule has 0 saturated heterocycles. The van der Waals surface area contributed by atoms with Crippen LogP contribution < -0.4 is 15.2 Å². The topological polar surface area (TPSA) is 127 Å². The lowest BCUT2D eigenvalue weighted by molar-refractivity contribution is -0.151.